The molecule has 2 fully saturated rings. The van der Waals surface area contributed by atoms with Crippen molar-refractivity contribution in [2.24, 2.45) is 11.8 Å². The second-order valence-corrected chi connectivity index (χ2v) is 6.40. The molecule has 2 amide bonds. The van der Waals surface area contributed by atoms with Crippen molar-refractivity contribution in [3.63, 3.8) is 0 Å². The molecule has 3 rings (SSSR count). The van der Waals surface area contributed by atoms with Crippen LogP contribution in [0.5, 0.6) is 0 Å². The molecule has 122 valence electrons. The number of aryl methyl sites for hydroxylation is 1. The molecule has 1 aromatic carbocycles. The third-order valence-corrected chi connectivity index (χ3v) is 4.50. The molecule has 2 atom stereocenters. The minimum atomic E-state index is -0.999. The Morgan fingerprint density at radius 2 is 1.91 bits per heavy atom. The van der Waals surface area contributed by atoms with Crippen LogP contribution in [0.2, 0.25) is 0 Å². The van der Waals surface area contributed by atoms with E-state index >= 15 is 0 Å². The molecule has 0 aromatic heterocycles. The summed E-state index contributed by atoms with van der Waals surface area (Å²) < 4.78 is 0. The van der Waals surface area contributed by atoms with Crippen LogP contribution in [-0.4, -0.2) is 35.5 Å². The maximum absolute atomic E-state index is 12.3. The first kappa shape index (κ1) is 15.5. The van der Waals surface area contributed by atoms with Gasteiger partial charge in [0.25, 0.3) is 0 Å². The molecular weight excluding hydrogens is 296 g/mol. The Kier molecular flexibility index (Phi) is 4.07. The Morgan fingerprint density at radius 3 is 2.48 bits per heavy atom. The van der Waals surface area contributed by atoms with Gasteiger partial charge in [-0.05, 0) is 37.8 Å². The highest BCUT2D eigenvalue weighted by molar-refractivity contribution is 6.00. The minimum Gasteiger partial charge on any atom is -0.480 e. The summed E-state index contributed by atoms with van der Waals surface area (Å²) in [5, 5.41) is 11.8. The van der Waals surface area contributed by atoms with Crippen molar-refractivity contribution >= 4 is 23.5 Å². The van der Waals surface area contributed by atoms with Gasteiger partial charge in [-0.3, -0.25) is 9.59 Å². The van der Waals surface area contributed by atoms with Crippen LogP contribution in [0.3, 0.4) is 0 Å². The standard InChI is InChI=1S/C17H20N2O4/c1-10-2-6-13(7-3-10)19-9-12(8-14(19)20)16(21)18-15(17(22)23)11-4-5-11/h2-3,6-7,11-12,15H,4-5,8-9H2,1H3,(H,18,21)(H,22,23). The number of hydrogen-bond donors (Lipinski definition) is 2. The number of rotatable bonds is 5. The molecule has 0 bridgehead atoms. The highest BCUT2D eigenvalue weighted by Crippen LogP contribution is 2.33. The summed E-state index contributed by atoms with van der Waals surface area (Å²) in [6, 6.07) is 6.73. The van der Waals surface area contributed by atoms with Gasteiger partial charge in [0.15, 0.2) is 0 Å². The second-order valence-electron chi connectivity index (χ2n) is 6.40. The van der Waals surface area contributed by atoms with Crippen LogP contribution in [-0.2, 0) is 14.4 Å². The molecule has 2 N–H and O–H groups in total. The number of anilines is 1. The lowest BCUT2D eigenvalue weighted by Gasteiger charge is -2.18. The smallest absolute Gasteiger partial charge is 0.326 e. The number of carbonyl (C=O) groups excluding carboxylic acids is 2. The van der Waals surface area contributed by atoms with Crippen LogP contribution in [0.4, 0.5) is 5.69 Å². The van der Waals surface area contributed by atoms with Gasteiger partial charge in [-0.1, -0.05) is 17.7 Å². The number of nitrogens with zero attached hydrogens (tertiary/aromatic N) is 1. The average molecular weight is 316 g/mol. The lowest BCUT2D eigenvalue weighted by molar-refractivity contribution is -0.143. The summed E-state index contributed by atoms with van der Waals surface area (Å²) in [5.41, 5.74) is 1.87. The van der Waals surface area contributed by atoms with E-state index in [0.717, 1.165) is 24.1 Å². The molecule has 0 radical (unpaired) electrons. The molecule has 1 aromatic rings. The van der Waals surface area contributed by atoms with E-state index in [9.17, 15) is 19.5 Å². The molecule has 1 saturated carbocycles. The van der Waals surface area contributed by atoms with E-state index in [0.29, 0.717) is 6.54 Å². The third kappa shape index (κ3) is 3.36. The lowest BCUT2D eigenvalue weighted by atomic mass is 10.1. The molecule has 2 unspecified atom stereocenters. The minimum absolute atomic E-state index is 0.0294. The van der Waals surface area contributed by atoms with Crippen molar-refractivity contribution in [3.05, 3.63) is 29.8 Å². The molecule has 23 heavy (non-hydrogen) atoms. The maximum Gasteiger partial charge on any atom is 0.326 e. The first-order valence-electron chi connectivity index (χ1n) is 7.86. The van der Waals surface area contributed by atoms with Crippen LogP contribution >= 0.6 is 0 Å². The number of carboxylic acids is 1. The van der Waals surface area contributed by atoms with Crippen molar-refractivity contribution in [2.75, 3.05) is 11.4 Å². The summed E-state index contributed by atoms with van der Waals surface area (Å²) in [7, 11) is 0. The topological polar surface area (TPSA) is 86.7 Å². The van der Waals surface area contributed by atoms with E-state index in [1.54, 1.807) is 4.90 Å². The number of aliphatic carboxylic acids is 1. The zero-order valence-electron chi connectivity index (χ0n) is 13.0. The molecule has 1 heterocycles. The quantitative estimate of drug-likeness (QED) is 0.858. The van der Waals surface area contributed by atoms with E-state index in [1.807, 2.05) is 31.2 Å². The highest BCUT2D eigenvalue weighted by atomic mass is 16.4. The number of nitrogens with one attached hydrogen (secondary N) is 1. The summed E-state index contributed by atoms with van der Waals surface area (Å²) in [6.45, 7) is 2.26. The van der Waals surface area contributed by atoms with Crippen molar-refractivity contribution in [3.8, 4) is 0 Å². The Morgan fingerprint density at radius 1 is 1.26 bits per heavy atom. The van der Waals surface area contributed by atoms with Crippen molar-refractivity contribution in [1.82, 2.24) is 5.32 Å². The highest BCUT2D eigenvalue weighted by Gasteiger charge is 2.41. The van der Waals surface area contributed by atoms with E-state index in [2.05, 4.69) is 5.32 Å². The predicted molar refractivity (Wildman–Crippen MR) is 83.9 cm³/mol. The fourth-order valence-corrected chi connectivity index (χ4v) is 2.94. The number of amides is 2. The summed E-state index contributed by atoms with van der Waals surface area (Å²) in [6.07, 6.45) is 1.78. The average Bonchev–Trinajstić information content (AvgIpc) is 3.27. The van der Waals surface area contributed by atoms with Gasteiger partial charge in [0.05, 0.1) is 5.92 Å². The van der Waals surface area contributed by atoms with Gasteiger partial charge in [-0.25, -0.2) is 4.79 Å². The summed E-state index contributed by atoms with van der Waals surface area (Å²) in [4.78, 5) is 37.3. The molecule has 0 spiro atoms. The van der Waals surface area contributed by atoms with Gasteiger partial charge >= 0.3 is 5.97 Å². The largest absolute Gasteiger partial charge is 0.480 e. The SMILES string of the molecule is Cc1ccc(N2CC(C(=O)NC(C(=O)O)C3CC3)CC2=O)cc1. The van der Waals surface area contributed by atoms with Crippen LogP contribution in [0.15, 0.2) is 24.3 Å². The van der Waals surface area contributed by atoms with Crippen LogP contribution < -0.4 is 10.2 Å². The molecule has 2 aliphatic rings. The summed E-state index contributed by atoms with van der Waals surface area (Å²) in [5.74, 6) is -1.91. The summed E-state index contributed by atoms with van der Waals surface area (Å²) >= 11 is 0. The van der Waals surface area contributed by atoms with E-state index in [-0.39, 0.29) is 24.2 Å². The predicted octanol–water partition coefficient (Wildman–Crippen LogP) is 1.33. The van der Waals surface area contributed by atoms with Gasteiger partial charge in [-0.2, -0.15) is 0 Å². The first-order valence-corrected chi connectivity index (χ1v) is 7.86. The van der Waals surface area contributed by atoms with Gasteiger partial charge in [0.1, 0.15) is 6.04 Å². The normalized spacial score (nSPS) is 22.0. The third-order valence-electron chi connectivity index (χ3n) is 4.50. The molecular formula is C17H20N2O4. The zero-order valence-corrected chi connectivity index (χ0v) is 13.0. The monoisotopic (exact) mass is 316 g/mol. The fourth-order valence-electron chi connectivity index (χ4n) is 2.94. The lowest BCUT2D eigenvalue weighted by Crippen LogP contribution is -2.45. The Balaban J connectivity index is 1.65. The van der Waals surface area contributed by atoms with E-state index in [4.69, 9.17) is 0 Å². The number of hydrogen-bond acceptors (Lipinski definition) is 3. The Hall–Kier alpha value is -2.37. The Labute approximate surface area is 134 Å². The van der Waals surface area contributed by atoms with Gasteiger partial charge in [0, 0.05) is 18.7 Å². The molecule has 1 aliphatic heterocycles. The van der Waals surface area contributed by atoms with Gasteiger partial charge < -0.3 is 15.3 Å². The zero-order chi connectivity index (χ0) is 16.6. The van der Waals surface area contributed by atoms with Crippen LogP contribution in [0.1, 0.15) is 24.8 Å². The first-order chi connectivity index (χ1) is 11.0. The Bertz CT molecular complexity index is 636. The second kappa shape index (κ2) is 6.02. The number of carboxylic acid groups (broad SMARTS) is 1. The van der Waals surface area contributed by atoms with Crippen molar-refractivity contribution in [2.45, 2.75) is 32.2 Å². The maximum atomic E-state index is 12.3. The van der Waals surface area contributed by atoms with Crippen molar-refractivity contribution in [1.29, 1.82) is 0 Å². The molecule has 6 heteroatoms. The molecule has 1 aliphatic carbocycles. The number of carbonyl (C=O) groups is 3. The fraction of sp³-hybridized carbons (Fsp3) is 0.471. The van der Waals surface area contributed by atoms with Crippen LogP contribution in [0.25, 0.3) is 0 Å². The van der Waals surface area contributed by atoms with E-state index < -0.39 is 17.9 Å². The van der Waals surface area contributed by atoms with Crippen LogP contribution in [0, 0.1) is 18.8 Å². The molecule has 1 saturated heterocycles. The molecule has 6 nitrogen and oxygen atoms in total. The van der Waals surface area contributed by atoms with Gasteiger partial charge in [0.2, 0.25) is 11.8 Å². The van der Waals surface area contributed by atoms with Gasteiger partial charge in [-0.15, -0.1) is 0 Å². The van der Waals surface area contributed by atoms with E-state index in [1.165, 1.54) is 0 Å². The van der Waals surface area contributed by atoms with Crippen molar-refractivity contribution < 1.29 is 19.5 Å². The number of benzene rings is 1.